The van der Waals surface area contributed by atoms with E-state index in [1.165, 1.54) is 6.26 Å². The highest BCUT2D eigenvalue weighted by Gasteiger charge is 2.39. The Kier molecular flexibility index (Phi) is 1.97. The first-order chi connectivity index (χ1) is 6.74. The Morgan fingerprint density at radius 1 is 1.64 bits per heavy atom. The molecule has 0 saturated carbocycles. The van der Waals surface area contributed by atoms with Gasteiger partial charge in [-0.15, -0.1) is 0 Å². The van der Waals surface area contributed by atoms with Crippen LogP contribution in [0.2, 0.25) is 0 Å². The third-order valence-corrected chi connectivity index (χ3v) is 2.13. The van der Waals surface area contributed by atoms with E-state index >= 15 is 0 Å². The van der Waals surface area contributed by atoms with E-state index in [1.807, 2.05) is 0 Å². The third kappa shape index (κ3) is 1.16. The summed E-state index contributed by atoms with van der Waals surface area (Å²) >= 11 is 0. The van der Waals surface area contributed by atoms with E-state index in [1.54, 1.807) is 12.1 Å². The summed E-state index contributed by atoms with van der Waals surface area (Å²) in [6.07, 6.45) is 1.58. The Balaban J connectivity index is 2.29. The van der Waals surface area contributed by atoms with Crippen LogP contribution in [-0.4, -0.2) is 27.1 Å². The summed E-state index contributed by atoms with van der Waals surface area (Å²) in [4.78, 5) is 11.2. The molecule has 1 aliphatic heterocycles. The number of oxime groups is 1. The van der Waals surface area contributed by atoms with E-state index in [-0.39, 0.29) is 12.1 Å². The van der Waals surface area contributed by atoms with Crippen molar-refractivity contribution in [3.8, 4) is 0 Å². The number of hydroxylamine groups is 2. The van der Waals surface area contributed by atoms with Crippen LogP contribution < -0.4 is 0 Å². The van der Waals surface area contributed by atoms with Gasteiger partial charge in [-0.2, -0.15) is 0 Å². The summed E-state index contributed by atoms with van der Waals surface area (Å²) in [7, 11) is 0. The molecular formula is C8H8N2O4. The van der Waals surface area contributed by atoms with Gasteiger partial charge in [0, 0.05) is 6.42 Å². The van der Waals surface area contributed by atoms with Gasteiger partial charge < -0.3 is 9.62 Å². The number of nitrogens with zero attached hydrogens (tertiary/aromatic N) is 2. The topological polar surface area (TPSA) is 86.3 Å². The first-order valence-corrected chi connectivity index (χ1v) is 4.01. The molecular weight excluding hydrogens is 188 g/mol. The lowest BCUT2D eigenvalue weighted by Gasteiger charge is -2.13. The second-order valence-electron chi connectivity index (χ2n) is 2.93. The summed E-state index contributed by atoms with van der Waals surface area (Å²) in [5, 5.41) is 21.1. The van der Waals surface area contributed by atoms with Gasteiger partial charge in [0.25, 0.3) is 5.91 Å². The molecule has 6 nitrogen and oxygen atoms in total. The third-order valence-electron chi connectivity index (χ3n) is 2.13. The minimum atomic E-state index is -0.700. The van der Waals surface area contributed by atoms with Crippen LogP contribution in [-0.2, 0) is 4.79 Å². The van der Waals surface area contributed by atoms with Crippen LogP contribution >= 0.6 is 0 Å². The van der Waals surface area contributed by atoms with Crippen molar-refractivity contribution in [2.45, 2.75) is 12.5 Å². The van der Waals surface area contributed by atoms with Gasteiger partial charge in [-0.1, -0.05) is 5.16 Å². The Morgan fingerprint density at radius 2 is 2.43 bits per heavy atom. The van der Waals surface area contributed by atoms with Crippen molar-refractivity contribution in [1.29, 1.82) is 0 Å². The highest BCUT2D eigenvalue weighted by atomic mass is 16.5. The fourth-order valence-corrected chi connectivity index (χ4v) is 1.42. The minimum absolute atomic E-state index is 0.0751. The Bertz CT molecular complexity index is 371. The van der Waals surface area contributed by atoms with Crippen molar-refractivity contribution in [3.05, 3.63) is 24.2 Å². The van der Waals surface area contributed by atoms with Crippen molar-refractivity contribution in [1.82, 2.24) is 5.06 Å². The van der Waals surface area contributed by atoms with Crippen LogP contribution in [0.15, 0.2) is 28.0 Å². The number of furan rings is 1. The van der Waals surface area contributed by atoms with Crippen molar-refractivity contribution < 1.29 is 19.6 Å². The molecule has 6 heteroatoms. The van der Waals surface area contributed by atoms with Gasteiger partial charge in [-0.3, -0.25) is 10.0 Å². The SMILES string of the molecule is O=C1/C(=N\O)CC(c2ccco2)N1O. The molecule has 2 rings (SSSR count). The summed E-state index contributed by atoms with van der Waals surface area (Å²) in [6, 6.07) is 2.70. The zero-order valence-corrected chi connectivity index (χ0v) is 7.12. The maximum atomic E-state index is 11.2. The van der Waals surface area contributed by atoms with Gasteiger partial charge in [0.1, 0.15) is 17.5 Å². The maximum Gasteiger partial charge on any atom is 0.295 e. The summed E-state index contributed by atoms with van der Waals surface area (Å²) in [5.41, 5.74) is -0.0751. The van der Waals surface area contributed by atoms with Gasteiger partial charge in [-0.25, -0.2) is 5.06 Å². The van der Waals surface area contributed by atoms with Crippen molar-refractivity contribution >= 4 is 11.6 Å². The predicted molar refractivity (Wildman–Crippen MR) is 43.9 cm³/mol. The average molecular weight is 196 g/mol. The lowest BCUT2D eigenvalue weighted by Crippen LogP contribution is -2.25. The van der Waals surface area contributed by atoms with E-state index in [2.05, 4.69) is 5.16 Å². The molecule has 14 heavy (non-hydrogen) atoms. The molecule has 0 aliphatic carbocycles. The van der Waals surface area contributed by atoms with Gasteiger partial charge in [0.05, 0.1) is 6.26 Å². The molecule has 0 radical (unpaired) electrons. The van der Waals surface area contributed by atoms with Crippen LogP contribution in [0, 0.1) is 0 Å². The molecule has 2 heterocycles. The highest BCUT2D eigenvalue weighted by Crippen LogP contribution is 2.29. The van der Waals surface area contributed by atoms with Crippen LogP contribution in [0.5, 0.6) is 0 Å². The van der Waals surface area contributed by atoms with Crippen LogP contribution in [0.1, 0.15) is 18.2 Å². The highest BCUT2D eigenvalue weighted by molar-refractivity contribution is 6.40. The fraction of sp³-hybridized carbons (Fsp3) is 0.250. The van der Waals surface area contributed by atoms with E-state index in [4.69, 9.17) is 9.62 Å². The number of hydrogen-bond acceptors (Lipinski definition) is 5. The van der Waals surface area contributed by atoms with Gasteiger partial charge in [-0.05, 0) is 12.1 Å². The standard InChI is InChI=1S/C8H8N2O4/c11-8-5(9-12)4-6(10(8)13)7-2-1-3-14-7/h1-3,6,12-13H,4H2/b9-5-. The van der Waals surface area contributed by atoms with Crippen molar-refractivity contribution in [3.63, 3.8) is 0 Å². The molecule has 1 atom stereocenters. The van der Waals surface area contributed by atoms with Crippen LogP contribution in [0.3, 0.4) is 0 Å². The fourth-order valence-electron chi connectivity index (χ4n) is 1.42. The quantitative estimate of drug-likeness (QED) is 0.394. The number of carbonyl (C=O) groups excluding carboxylic acids is 1. The zero-order chi connectivity index (χ0) is 10.1. The molecule has 0 aromatic carbocycles. The van der Waals surface area contributed by atoms with Gasteiger partial charge in [0.15, 0.2) is 0 Å². The van der Waals surface area contributed by atoms with E-state index in [0.717, 1.165) is 0 Å². The molecule has 1 aromatic heterocycles. The van der Waals surface area contributed by atoms with Crippen LogP contribution in [0.25, 0.3) is 0 Å². The Morgan fingerprint density at radius 3 is 2.93 bits per heavy atom. The molecule has 0 bridgehead atoms. The lowest BCUT2D eigenvalue weighted by atomic mass is 10.1. The van der Waals surface area contributed by atoms with Gasteiger partial charge >= 0.3 is 0 Å². The normalized spacial score (nSPS) is 24.9. The zero-order valence-electron chi connectivity index (χ0n) is 7.12. The minimum Gasteiger partial charge on any atom is -0.467 e. The number of hydrogen-bond donors (Lipinski definition) is 2. The molecule has 74 valence electrons. The molecule has 1 fully saturated rings. The summed E-state index contributed by atoms with van der Waals surface area (Å²) < 4.78 is 5.04. The van der Waals surface area contributed by atoms with Crippen molar-refractivity contribution in [2.75, 3.05) is 0 Å². The molecule has 1 unspecified atom stereocenters. The number of carbonyl (C=O) groups is 1. The summed E-state index contributed by atoms with van der Waals surface area (Å²) in [6.45, 7) is 0. The lowest BCUT2D eigenvalue weighted by molar-refractivity contribution is -0.163. The number of amides is 1. The predicted octanol–water partition coefficient (Wildman–Crippen LogP) is 0.772. The number of rotatable bonds is 1. The maximum absolute atomic E-state index is 11.2. The molecule has 1 aromatic rings. The smallest absolute Gasteiger partial charge is 0.295 e. The summed E-state index contributed by atoms with van der Waals surface area (Å²) in [5.74, 6) is -0.242. The monoisotopic (exact) mass is 196 g/mol. The largest absolute Gasteiger partial charge is 0.467 e. The van der Waals surface area contributed by atoms with Crippen molar-refractivity contribution in [2.24, 2.45) is 5.16 Å². The second kappa shape index (κ2) is 3.15. The molecule has 1 aliphatic rings. The Labute approximate surface area is 79.0 Å². The van der Waals surface area contributed by atoms with E-state index < -0.39 is 11.9 Å². The molecule has 1 saturated heterocycles. The first-order valence-electron chi connectivity index (χ1n) is 4.01. The molecule has 1 amide bonds. The Hall–Kier alpha value is -1.82. The van der Waals surface area contributed by atoms with Crippen LogP contribution in [0.4, 0.5) is 0 Å². The average Bonchev–Trinajstić information content (AvgIpc) is 2.78. The van der Waals surface area contributed by atoms with E-state index in [0.29, 0.717) is 10.8 Å². The second-order valence-corrected chi connectivity index (χ2v) is 2.93. The molecule has 2 N–H and O–H groups in total. The van der Waals surface area contributed by atoms with Gasteiger partial charge in [0.2, 0.25) is 0 Å². The van der Waals surface area contributed by atoms with E-state index in [9.17, 15) is 10.0 Å². The first kappa shape index (κ1) is 8.76. The molecule has 0 spiro atoms.